The monoisotopic (exact) mass is 411 g/mol. The fraction of sp³-hybridized carbons (Fsp3) is 0.417. The molecule has 3 rings (SSSR count). The molecular formula is C24H30FN3O2. The van der Waals surface area contributed by atoms with Crippen molar-refractivity contribution in [2.24, 2.45) is 5.92 Å². The lowest BCUT2D eigenvalue weighted by molar-refractivity contribution is -0.123. The van der Waals surface area contributed by atoms with Gasteiger partial charge in [-0.05, 0) is 54.2 Å². The Labute approximate surface area is 177 Å². The molecule has 1 aliphatic rings. The number of amides is 2. The molecule has 0 bridgehead atoms. The predicted octanol–water partition coefficient (Wildman–Crippen LogP) is 3.14. The van der Waals surface area contributed by atoms with Gasteiger partial charge in [0.15, 0.2) is 0 Å². The molecule has 1 heterocycles. The van der Waals surface area contributed by atoms with Crippen LogP contribution in [0.2, 0.25) is 0 Å². The van der Waals surface area contributed by atoms with Gasteiger partial charge in [-0.1, -0.05) is 38.1 Å². The van der Waals surface area contributed by atoms with Gasteiger partial charge in [0.25, 0.3) is 5.91 Å². The van der Waals surface area contributed by atoms with E-state index >= 15 is 0 Å². The number of halogens is 1. The van der Waals surface area contributed by atoms with Crippen LogP contribution in [0.1, 0.15) is 41.8 Å². The second-order valence-corrected chi connectivity index (χ2v) is 8.14. The van der Waals surface area contributed by atoms with E-state index in [0.29, 0.717) is 12.1 Å². The quantitative estimate of drug-likeness (QED) is 0.656. The van der Waals surface area contributed by atoms with Crippen LogP contribution in [0.15, 0.2) is 48.5 Å². The molecule has 0 saturated carbocycles. The minimum atomic E-state index is -0.635. The molecule has 2 amide bonds. The molecule has 0 radical (unpaired) electrons. The minimum absolute atomic E-state index is 0.0620. The molecular weight excluding hydrogens is 381 g/mol. The Kier molecular flexibility index (Phi) is 7.57. The highest BCUT2D eigenvalue weighted by Gasteiger charge is 2.24. The molecule has 1 atom stereocenters. The Morgan fingerprint density at radius 1 is 1.07 bits per heavy atom. The maximum Gasteiger partial charge on any atom is 0.251 e. The van der Waals surface area contributed by atoms with Crippen molar-refractivity contribution in [1.82, 2.24) is 15.5 Å². The van der Waals surface area contributed by atoms with Crippen LogP contribution in [0.5, 0.6) is 0 Å². The Balaban J connectivity index is 1.44. The number of carbonyl (C=O) groups excluding carboxylic acids is 2. The summed E-state index contributed by atoms with van der Waals surface area (Å²) in [5, 5.41) is 5.72. The third kappa shape index (κ3) is 5.89. The second kappa shape index (κ2) is 10.3. The highest BCUT2D eigenvalue weighted by molar-refractivity contribution is 5.97. The van der Waals surface area contributed by atoms with Crippen LogP contribution >= 0.6 is 0 Å². The van der Waals surface area contributed by atoms with Gasteiger partial charge in [0.1, 0.15) is 11.9 Å². The zero-order valence-electron chi connectivity index (χ0n) is 17.7. The van der Waals surface area contributed by atoms with Crippen molar-refractivity contribution in [3.63, 3.8) is 0 Å². The summed E-state index contributed by atoms with van der Waals surface area (Å²) in [4.78, 5) is 27.4. The molecule has 0 aliphatic carbocycles. The van der Waals surface area contributed by atoms with Crippen LogP contribution in [0, 0.1) is 11.7 Å². The largest absolute Gasteiger partial charge is 0.354 e. The van der Waals surface area contributed by atoms with E-state index in [-0.39, 0.29) is 17.7 Å². The zero-order chi connectivity index (χ0) is 21.5. The summed E-state index contributed by atoms with van der Waals surface area (Å²) < 4.78 is 13.1. The molecule has 2 aromatic carbocycles. The van der Waals surface area contributed by atoms with Crippen LogP contribution in [0.3, 0.4) is 0 Å². The lowest BCUT2D eigenvalue weighted by Crippen LogP contribution is -2.50. The Morgan fingerprint density at radius 3 is 2.47 bits per heavy atom. The Morgan fingerprint density at radius 2 is 1.77 bits per heavy atom. The van der Waals surface area contributed by atoms with Crippen LogP contribution in [0.25, 0.3) is 0 Å². The molecule has 160 valence electrons. The van der Waals surface area contributed by atoms with Crippen LogP contribution in [-0.4, -0.2) is 42.4 Å². The molecule has 0 aromatic heterocycles. The van der Waals surface area contributed by atoms with Gasteiger partial charge < -0.3 is 10.6 Å². The fourth-order valence-electron chi connectivity index (χ4n) is 3.73. The number of fused-ring (bicyclic) bond motifs is 1. The van der Waals surface area contributed by atoms with Crippen molar-refractivity contribution in [3.8, 4) is 0 Å². The first-order valence-corrected chi connectivity index (χ1v) is 10.6. The summed E-state index contributed by atoms with van der Waals surface area (Å²) in [7, 11) is 0. The van der Waals surface area contributed by atoms with Gasteiger partial charge in [0.05, 0.1) is 0 Å². The van der Waals surface area contributed by atoms with Gasteiger partial charge >= 0.3 is 0 Å². The normalized spacial score (nSPS) is 14.8. The lowest BCUT2D eigenvalue weighted by Gasteiger charge is -2.28. The van der Waals surface area contributed by atoms with Crippen molar-refractivity contribution in [2.45, 2.75) is 39.3 Å². The van der Waals surface area contributed by atoms with Crippen molar-refractivity contribution in [3.05, 3.63) is 71.0 Å². The number of hydrogen-bond donors (Lipinski definition) is 2. The summed E-state index contributed by atoms with van der Waals surface area (Å²) >= 11 is 0. The van der Waals surface area contributed by atoms with E-state index in [1.54, 1.807) is 0 Å². The number of carbonyl (C=O) groups is 2. The maximum atomic E-state index is 13.1. The van der Waals surface area contributed by atoms with Gasteiger partial charge in [-0.25, -0.2) is 4.39 Å². The number of hydrogen-bond acceptors (Lipinski definition) is 3. The third-order valence-electron chi connectivity index (χ3n) is 5.50. The fourth-order valence-corrected chi connectivity index (χ4v) is 3.73. The first kappa shape index (κ1) is 22.0. The summed E-state index contributed by atoms with van der Waals surface area (Å²) in [6.07, 6.45) is 1.91. The lowest BCUT2D eigenvalue weighted by atomic mass is 10.00. The molecule has 0 saturated heterocycles. The summed E-state index contributed by atoms with van der Waals surface area (Å²) in [6, 6.07) is 13.2. The van der Waals surface area contributed by atoms with Gasteiger partial charge in [-0.3, -0.25) is 14.5 Å². The Hall–Kier alpha value is -2.73. The van der Waals surface area contributed by atoms with E-state index in [0.717, 1.165) is 32.5 Å². The first-order valence-electron chi connectivity index (χ1n) is 10.6. The molecule has 0 spiro atoms. The molecule has 0 fully saturated rings. The Bertz CT molecular complexity index is 867. The third-order valence-corrected chi connectivity index (χ3v) is 5.50. The highest BCUT2D eigenvalue weighted by atomic mass is 19.1. The zero-order valence-corrected chi connectivity index (χ0v) is 17.7. The standard InChI is InChI=1S/C24H30FN3O2/c1-17(2)22(27-23(29)19-8-10-21(25)11-9-19)24(30)26-13-5-14-28-15-12-18-6-3-4-7-20(18)16-28/h3-4,6-11,17,22H,5,12-16H2,1-2H3,(H,26,30)(H,27,29). The van der Waals surface area contributed by atoms with Crippen LogP contribution in [0.4, 0.5) is 4.39 Å². The number of benzene rings is 2. The van der Waals surface area contributed by atoms with E-state index in [1.165, 1.54) is 35.4 Å². The van der Waals surface area contributed by atoms with E-state index in [2.05, 4.69) is 39.8 Å². The van der Waals surface area contributed by atoms with Gasteiger partial charge in [-0.15, -0.1) is 0 Å². The average Bonchev–Trinajstić information content (AvgIpc) is 2.75. The number of rotatable bonds is 8. The van der Waals surface area contributed by atoms with Crippen LogP contribution in [-0.2, 0) is 17.8 Å². The van der Waals surface area contributed by atoms with Gasteiger partial charge in [0.2, 0.25) is 5.91 Å². The van der Waals surface area contributed by atoms with Gasteiger partial charge in [0, 0.05) is 31.7 Å². The van der Waals surface area contributed by atoms with Crippen LogP contribution < -0.4 is 10.6 Å². The highest BCUT2D eigenvalue weighted by Crippen LogP contribution is 2.18. The molecule has 2 N–H and O–H groups in total. The smallest absolute Gasteiger partial charge is 0.251 e. The minimum Gasteiger partial charge on any atom is -0.354 e. The number of nitrogens with zero attached hydrogens (tertiary/aromatic N) is 1. The molecule has 6 heteroatoms. The van der Waals surface area contributed by atoms with Crippen molar-refractivity contribution < 1.29 is 14.0 Å². The molecule has 1 unspecified atom stereocenters. The van der Waals surface area contributed by atoms with E-state index in [1.807, 2.05) is 13.8 Å². The maximum absolute atomic E-state index is 13.1. The van der Waals surface area contributed by atoms with E-state index in [9.17, 15) is 14.0 Å². The van der Waals surface area contributed by atoms with Crippen molar-refractivity contribution in [2.75, 3.05) is 19.6 Å². The first-order chi connectivity index (χ1) is 14.4. The molecule has 1 aliphatic heterocycles. The average molecular weight is 412 g/mol. The number of nitrogens with one attached hydrogen (secondary N) is 2. The molecule has 5 nitrogen and oxygen atoms in total. The molecule has 2 aromatic rings. The van der Waals surface area contributed by atoms with Crippen molar-refractivity contribution in [1.29, 1.82) is 0 Å². The van der Waals surface area contributed by atoms with E-state index < -0.39 is 11.9 Å². The SMILES string of the molecule is CC(C)C(NC(=O)c1ccc(F)cc1)C(=O)NCCCN1CCc2ccccc2C1. The summed E-state index contributed by atoms with van der Waals surface area (Å²) in [5.41, 5.74) is 3.15. The second-order valence-electron chi connectivity index (χ2n) is 8.14. The summed E-state index contributed by atoms with van der Waals surface area (Å²) in [6.45, 7) is 7.25. The van der Waals surface area contributed by atoms with Crippen molar-refractivity contribution >= 4 is 11.8 Å². The topological polar surface area (TPSA) is 61.4 Å². The predicted molar refractivity (Wildman–Crippen MR) is 116 cm³/mol. The summed E-state index contributed by atoms with van der Waals surface area (Å²) in [5.74, 6) is -1.03. The molecule has 30 heavy (non-hydrogen) atoms. The van der Waals surface area contributed by atoms with Gasteiger partial charge in [-0.2, -0.15) is 0 Å². The van der Waals surface area contributed by atoms with E-state index in [4.69, 9.17) is 0 Å².